The first-order valence-corrected chi connectivity index (χ1v) is 11.7. The summed E-state index contributed by atoms with van der Waals surface area (Å²) in [5.41, 5.74) is 2.91. The predicted molar refractivity (Wildman–Crippen MR) is 136 cm³/mol. The number of benzene rings is 2. The number of para-hydroxylation sites is 1. The number of anilines is 2. The average molecular weight is 490 g/mol. The van der Waals surface area contributed by atoms with E-state index in [2.05, 4.69) is 25.1 Å². The predicted octanol–water partition coefficient (Wildman–Crippen LogP) is 1.17. The van der Waals surface area contributed by atoms with Crippen LogP contribution in [0.5, 0.6) is 5.75 Å². The molecule has 3 heterocycles. The molecule has 2 aromatic heterocycles. The SMILES string of the molecule is COc1ccc(C(=O)NCCO)cc1N1CCN(c2ncc3[nH]c(=O)n(-c4ccccc4)c3n2)CC1. The Morgan fingerprint density at radius 1 is 1.11 bits per heavy atom. The molecule has 1 amide bonds. The minimum Gasteiger partial charge on any atom is -0.495 e. The van der Waals surface area contributed by atoms with Crippen molar-refractivity contribution in [3.8, 4) is 11.4 Å². The zero-order valence-corrected chi connectivity index (χ0v) is 19.8. The van der Waals surface area contributed by atoms with Crippen molar-refractivity contribution in [1.82, 2.24) is 24.8 Å². The lowest BCUT2D eigenvalue weighted by Crippen LogP contribution is -2.47. The molecule has 1 aliphatic heterocycles. The second-order valence-corrected chi connectivity index (χ2v) is 8.35. The Bertz CT molecular complexity index is 1430. The summed E-state index contributed by atoms with van der Waals surface area (Å²) in [7, 11) is 1.60. The van der Waals surface area contributed by atoms with E-state index in [1.807, 2.05) is 36.4 Å². The summed E-state index contributed by atoms with van der Waals surface area (Å²) < 4.78 is 7.09. The van der Waals surface area contributed by atoms with Crippen molar-refractivity contribution in [1.29, 1.82) is 0 Å². The maximum absolute atomic E-state index is 12.6. The van der Waals surface area contributed by atoms with Gasteiger partial charge in [-0.25, -0.2) is 14.3 Å². The molecule has 5 rings (SSSR count). The third kappa shape index (κ3) is 4.48. The van der Waals surface area contributed by atoms with E-state index in [-0.39, 0.29) is 24.7 Å². The molecule has 3 N–H and O–H groups in total. The molecule has 0 radical (unpaired) electrons. The monoisotopic (exact) mass is 489 g/mol. The average Bonchev–Trinajstić information content (AvgIpc) is 3.26. The molecule has 186 valence electrons. The van der Waals surface area contributed by atoms with E-state index in [9.17, 15) is 9.59 Å². The number of nitrogens with one attached hydrogen (secondary N) is 2. The van der Waals surface area contributed by atoms with Crippen molar-refractivity contribution < 1.29 is 14.6 Å². The van der Waals surface area contributed by atoms with Crippen molar-refractivity contribution >= 4 is 28.7 Å². The van der Waals surface area contributed by atoms with Crippen LogP contribution in [0.3, 0.4) is 0 Å². The van der Waals surface area contributed by atoms with E-state index >= 15 is 0 Å². The van der Waals surface area contributed by atoms with Gasteiger partial charge in [-0.2, -0.15) is 4.98 Å². The van der Waals surface area contributed by atoms with Crippen LogP contribution in [-0.4, -0.2) is 77.0 Å². The molecule has 0 aliphatic carbocycles. The molecule has 36 heavy (non-hydrogen) atoms. The van der Waals surface area contributed by atoms with Crippen LogP contribution in [-0.2, 0) is 0 Å². The Morgan fingerprint density at radius 3 is 2.58 bits per heavy atom. The van der Waals surface area contributed by atoms with Gasteiger partial charge in [0.05, 0.1) is 31.3 Å². The number of rotatable bonds is 7. The topological polar surface area (TPSA) is 129 Å². The summed E-state index contributed by atoms with van der Waals surface area (Å²) in [6.07, 6.45) is 1.64. The quantitative estimate of drug-likeness (QED) is 0.353. The van der Waals surface area contributed by atoms with Gasteiger partial charge in [0.25, 0.3) is 5.91 Å². The number of hydrogen-bond acceptors (Lipinski definition) is 8. The van der Waals surface area contributed by atoms with Crippen molar-refractivity contribution in [3.63, 3.8) is 0 Å². The lowest BCUT2D eigenvalue weighted by molar-refractivity contribution is 0.0944. The molecule has 0 saturated carbocycles. The highest BCUT2D eigenvalue weighted by atomic mass is 16.5. The van der Waals surface area contributed by atoms with Crippen LogP contribution >= 0.6 is 0 Å². The zero-order chi connectivity index (χ0) is 25.1. The smallest absolute Gasteiger partial charge is 0.332 e. The van der Waals surface area contributed by atoms with Crippen molar-refractivity contribution in [2.45, 2.75) is 0 Å². The fourth-order valence-corrected chi connectivity index (χ4v) is 4.36. The minimum absolute atomic E-state index is 0.116. The number of aromatic nitrogens is 4. The van der Waals surface area contributed by atoms with Gasteiger partial charge in [0.15, 0.2) is 5.65 Å². The van der Waals surface area contributed by atoms with Crippen LogP contribution in [0, 0.1) is 0 Å². The van der Waals surface area contributed by atoms with Crippen LogP contribution in [0.15, 0.2) is 59.5 Å². The first-order chi connectivity index (χ1) is 17.6. The summed E-state index contributed by atoms with van der Waals surface area (Å²) in [5, 5.41) is 11.7. The molecule has 0 bridgehead atoms. The van der Waals surface area contributed by atoms with Gasteiger partial charge in [-0.3, -0.25) is 4.79 Å². The fraction of sp³-hybridized carbons (Fsp3) is 0.280. The van der Waals surface area contributed by atoms with E-state index in [1.54, 1.807) is 30.0 Å². The molecule has 11 nitrogen and oxygen atoms in total. The Labute approximate surface area is 207 Å². The number of ether oxygens (including phenoxy) is 1. The maximum Gasteiger partial charge on any atom is 0.332 e. The number of amides is 1. The highest BCUT2D eigenvalue weighted by molar-refractivity contribution is 5.95. The molecule has 0 spiro atoms. The highest BCUT2D eigenvalue weighted by Gasteiger charge is 2.23. The van der Waals surface area contributed by atoms with Crippen LogP contribution in [0.1, 0.15) is 10.4 Å². The van der Waals surface area contributed by atoms with Gasteiger partial charge >= 0.3 is 5.69 Å². The summed E-state index contributed by atoms with van der Waals surface area (Å²) in [4.78, 5) is 41.2. The Balaban J connectivity index is 1.36. The number of methoxy groups -OCH3 is 1. The van der Waals surface area contributed by atoms with E-state index < -0.39 is 0 Å². The number of imidazole rings is 1. The van der Waals surface area contributed by atoms with Crippen molar-refractivity contribution in [2.75, 3.05) is 56.2 Å². The third-order valence-electron chi connectivity index (χ3n) is 6.17. The number of fused-ring (bicyclic) bond motifs is 1. The summed E-state index contributed by atoms with van der Waals surface area (Å²) in [6, 6.07) is 14.7. The first-order valence-electron chi connectivity index (χ1n) is 11.7. The third-order valence-corrected chi connectivity index (χ3v) is 6.17. The Hall–Kier alpha value is -4.38. The molecule has 1 saturated heterocycles. The largest absolute Gasteiger partial charge is 0.495 e. The second kappa shape index (κ2) is 10.1. The first kappa shape index (κ1) is 23.4. The maximum atomic E-state index is 12.6. The molecular weight excluding hydrogens is 462 g/mol. The van der Waals surface area contributed by atoms with Gasteiger partial charge in [-0.05, 0) is 30.3 Å². The lowest BCUT2D eigenvalue weighted by Gasteiger charge is -2.36. The molecule has 1 aliphatic rings. The van der Waals surface area contributed by atoms with Gasteiger partial charge in [-0.1, -0.05) is 18.2 Å². The van der Waals surface area contributed by atoms with Gasteiger partial charge in [0.1, 0.15) is 11.3 Å². The number of hydrogen-bond donors (Lipinski definition) is 3. The number of H-pyrrole nitrogens is 1. The lowest BCUT2D eigenvalue weighted by atomic mass is 10.1. The zero-order valence-electron chi connectivity index (χ0n) is 19.8. The van der Waals surface area contributed by atoms with Crippen LogP contribution in [0.4, 0.5) is 11.6 Å². The molecule has 0 unspecified atom stereocenters. The Kier molecular flexibility index (Phi) is 6.54. The Morgan fingerprint density at radius 2 is 1.86 bits per heavy atom. The van der Waals surface area contributed by atoms with E-state index in [0.717, 1.165) is 11.4 Å². The number of nitrogens with zero attached hydrogens (tertiary/aromatic N) is 5. The molecular formula is C25H27N7O4. The summed E-state index contributed by atoms with van der Waals surface area (Å²) in [5.74, 6) is 0.984. The van der Waals surface area contributed by atoms with Crippen LogP contribution in [0.25, 0.3) is 16.9 Å². The minimum atomic E-state index is -0.262. The summed E-state index contributed by atoms with van der Waals surface area (Å²) >= 11 is 0. The van der Waals surface area contributed by atoms with Gasteiger partial charge in [0, 0.05) is 38.3 Å². The van der Waals surface area contributed by atoms with E-state index in [1.165, 1.54) is 0 Å². The standard InChI is InChI=1S/C25H27N7O4/c1-36-21-8-7-17(23(34)26-9-14-33)15-20(21)30-10-12-31(13-11-30)24-27-16-19-22(29-24)32(25(35)28-19)18-5-3-2-4-6-18/h2-8,15-16,33H,9-14H2,1H3,(H,26,34)(H,28,35). The van der Waals surface area contributed by atoms with Crippen molar-refractivity contribution in [3.05, 3.63) is 70.8 Å². The fourth-order valence-electron chi connectivity index (χ4n) is 4.36. The van der Waals surface area contributed by atoms with Crippen LogP contribution in [0.2, 0.25) is 0 Å². The molecule has 1 fully saturated rings. The normalized spacial score (nSPS) is 13.7. The number of aliphatic hydroxyl groups is 1. The molecule has 4 aromatic rings. The van der Waals surface area contributed by atoms with E-state index in [0.29, 0.717) is 54.6 Å². The molecule has 0 atom stereocenters. The molecule has 11 heteroatoms. The van der Waals surface area contributed by atoms with E-state index in [4.69, 9.17) is 14.8 Å². The summed E-state index contributed by atoms with van der Waals surface area (Å²) in [6.45, 7) is 2.71. The number of carbonyl (C=O) groups is 1. The number of aromatic amines is 1. The van der Waals surface area contributed by atoms with Crippen molar-refractivity contribution in [2.24, 2.45) is 0 Å². The van der Waals surface area contributed by atoms with Gasteiger partial charge in [-0.15, -0.1) is 0 Å². The highest BCUT2D eigenvalue weighted by Crippen LogP contribution is 2.31. The number of carbonyl (C=O) groups excluding carboxylic acids is 1. The number of aliphatic hydroxyl groups excluding tert-OH is 1. The number of piperazine rings is 1. The molecule has 2 aromatic carbocycles. The van der Waals surface area contributed by atoms with Gasteiger partial charge < -0.3 is 29.9 Å². The second-order valence-electron chi connectivity index (χ2n) is 8.35. The van der Waals surface area contributed by atoms with Crippen LogP contribution < -0.4 is 25.5 Å². The van der Waals surface area contributed by atoms with Gasteiger partial charge in [0.2, 0.25) is 5.95 Å².